The molecule has 0 spiro atoms. The second kappa shape index (κ2) is 7.59. The van der Waals surface area contributed by atoms with Crippen LogP contribution in [0.25, 0.3) is 0 Å². The zero-order valence-corrected chi connectivity index (χ0v) is 15.1. The highest BCUT2D eigenvalue weighted by molar-refractivity contribution is 9.10. The summed E-state index contributed by atoms with van der Waals surface area (Å²) < 4.78 is 27.3. The zero-order chi connectivity index (χ0) is 18.7. The minimum Gasteiger partial charge on any atom is -0.324 e. The Kier molecular flexibility index (Phi) is 5.25. The molecule has 0 fully saturated rings. The van der Waals surface area contributed by atoms with Crippen molar-refractivity contribution in [3.63, 3.8) is 0 Å². The molecule has 6 nitrogen and oxygen atoms in total. The van der Waals surface area contributed by atoms with Crippen LogP contribution in [-0.4, -0.2) is 15.0 Å². The predicted octanol–water partition coefficient (Wildman–Crippen LogP) is 4.92. The van der Waals surface area contributed by atoms with Gasteiger partial charge in [-0.25, -0.2) is 8.78 Å². The highest BCUT2D eigenvalue weighted by Crippen LogP contribution is 2.29. The Labute approximate surface area is 160 Å². The first-order valence-electron chi connectivity index (χ1n) is 7.05. The molecule has 0 aliphatic rings. The third-order valence-corrected chi connectivity index (χ3v) is 3.92. The number of hydrogen-bond acceptors (Lipinski definition) is 6. The molecule has 0 saturated heterocycles. The molecule has 26 heavy (non-hydrogen) atoms. The summed E-state index contributed by atoms with van der Waals surface area (Å²) in [6.07, 6.45) is 0. The fraction of sp³-hybridized carbons (Fsp3) is 0. The average molecular weight is 438 g/mol. The molecule has 3 rings (SSSR count). The lowest BCUT2D eigenvalue weighted by atomic mass is 10.2. The molecule has 3 aromatic rings. The van der Waals surface area contributed by atoms with Gasteiger partial charge >= 0.3 is 0 Å². The number of nitrogens with zero attached hydrogens (tertiary/aromatic N) is 4. The van der Waals surface area contributed by atoms with Gasteiger partial charge in [0.15, 0.2) is 5.82 Å². The highest BCUT2D eigenvalue weighted by atomic mass is 79.9. The second-order valence-corrected chi connectivity index (χ2v) is 6.13. The molecule has 1 heterocycles. The Bertz CT molecular complexity index is 984. The van der Waals surface area contributed by atoms with E-state index in [1.807, 2.05) is 6.07 Å². The lowest BCUT2D eigenvalue weighted by Gasteiger charge is -2.10. The SMILES string of the molecule is N#Cc1ccc(Nc2nc(Cl)nc(Nc3c(F)cc(F)cc3Br)n2)cc1. The summed E-state index contributed by atoms with van der Waals surface area (Å²) in [6, 6.07) is 10.4. The predicted molar refractivity (Wildman–Crippen MR) is 96.6 cm³/mol. The fourth-order valence-electron chi connectivity index (χ4n) is 1.99. The van der Waals surface area contributed by atoms with Gasteiger partial charge in [-0.05, 0) is 57.9 Å². The monoisotopic (exact) mass is 436 g/mol. The van der Waals surface area contributed by atoms with E-state index in [0.717, 1.165) is 12.1 Å². The molecule has 10 heteroatoms. The standard InChI is InChI=1S/C16H8BrClF2N6/c17-11-5-9(19)6-12(20)13(11)23-16-25-14(18)24-15(26-16)22-10-3-1-8(7-21)2-4-10/h1-6H,(H2,22,23,24,25,26). The summed E-state index contributed by atoms with van der Waals surface area (Å²) in [4.78, 5) is 11.9. The molecule has 0 amide bonds. The van der Waals surface area contributed by atoms with Crippen LogP contribution in [0.1, 0.15) is 5.56 Å². The van der Waals surface area contributed by atoms with Crippen molar-refractivity contribution in [2.45, 2.75) is 0 Å². The van der Waals surface area contributed by atoms with Gasteiger partial charge in [0.05, 0.1) is 17.3 Å². The van der Waals surface area contributed by atoms with Crippen molar-refractivity contribution in [2.24, 2.45) is 0 Å². The number of anilines is 4. The van der Waals surface area contributed by atoms with Crippen LogP contribution in [0, 0.1) is 23.0 Å². The van der Waals surface area contributed by atoms with E-state index >= 15 is 0 Å². The van der Waals surface area contributed by atoms with E-state index in [4.69, 9.17) is 16.9 Å². The fourth-order valence-corrected chi connectivity index (χ4v) is 2.66. The summed E-state index contributed by atoms with van der Waals surface area (Å²) in [7, 11) is 0. The summed E-state index contributed by atoms with van der Waals surface area (Å²) in [5.74, 6) is -1.48. The summed E-state index contributed by atoms with van der Waals surface area (Å²) in [5.41, 5.74) is 1.08. The van der Waals surface area contributed by atoms with Gasteiger partial charge < -0.3 is 10.6 Å². The average Bonchev–Trinajstić information content (AvgIpc) is 2.58. The normalized spacial score (nSPS) is 10.3. The van der Waals surface area contributed by atoms with Crippen LogP contribution in [0.2, 0.25) is 5.28 Å². The van der Waals surface area contributed by atoms with Crippen LogP contribution in [0.15, 0.2) is 40.9 Å². The third-order valence-electron chi connectivity index (χ3n) is 3.12. The lowest BCUT2D eigenvalue weighted by Crippen LogP contribution is -2.05. The molecule has 0 unspecified atom stereocenters. The van der Waals surface area contributed by atoms with Crippen molar-refractivity contribution in [2.75, 3.05) is 10.6 Å². The van der Waals surface area contributed by atoms with Crippen molar-refractivity contribution in [1.29, 1.82) is 5.26 Å². The largest absolute Gasteiger partial charge is 0.324 e. The molecule has 0 aliphatic heterocycles. The Morgan fingerprint density at radius 1 is 1.00 bits per heavy atom. The topological polar surface area (TPSA) is 86.5 Å². The van der Waals surface area contributed by atoms with Gasteiger partial charge in [-0.3, -0.25) is 0 Å². The van der Waals surface area contributed by atoms with Crippen molar-refractivity contribution >= 4 is 50.8 Å². The van der Waals surface area contributed by atoms with E-state index in [1.165, 1.54) is 0 Å². The van der Waals surface area contributed by atoms with Gasteiger partial charge in [0.2, 0.25) is 17.2 Å². The molecule has 2 aromatic carbocycles. The quantitative estimate of drug-likeness (QED) is 0.602. The maximum Gasteiger partial charge on any atom is 0.233 e. The number of nitrogens with one attached hydrogen (secondary N) is 2. The molecule has 130 valence electrons. The van der Waals surface area contributed by atoms with Crippen molar-refractivity contribution in [3.05, 3.63) is 63.4 Å². The first-order valence-corrected chi connectivity index (χ1v) is 8.22. The molecule has 0 radical (unpaired) electrons. The first-order chi connectivity index (χ1) is 12.4. The van der Waals surface area contributed by atoms with Gasteiger partial charge in [0.25, 0.3) is 0 Å². The van der Waals surface area contributed by atoms with Gasteiger partial charge in [-0.1, -0.05) is 0 Å². The second-order valence-electron chi connectivity index (χ2n) is 4.94. The van der Waals surface area contributed by atoms with E-state index in [0.29, 0.717) is 11.3 Å². The van der Waals surface area contributed by atoms with E-state index in [1.54, 1.807) is 24.3 Å². The first kappa shape index (κ1) is 18.0. The zero-order valence-electron chi connectivity index (χ0n) is 12.8. The number of nitriles is 1. The molecule has 0 saturated carbocycles. The molecule has 0 aliphatic carbocycles. The number of halogens is 4. The lowest BCUT2D eigenvalue weighted by molar-refractivity contribution is 0.584. The molecular formula is C16H8BrClF2N6. The Morgan fingerprint density at radius 2 is 1.65 bits per heavy atom. The molecular weight excluding hydrogens is 430 g/mol. The van der Waals surface area contributed by atoms with Gasteiger partial charge in [-0.15, -0.1) is 0 Å². The summed E-state index contributed by atoms with van der Waals surface area (Å²) in [5, 5.41) is 14.2. The highest BCUT2D eigenvalue weighted by Gasteiger charge is 2.13. The van der Waals surface area contributed by atoms with Crippen LogP contribution in [0.4, 0.5) is 32.1 Å². The molecule has 1 aromatic heterocycles. The molecule has 2 N–H and O–H groups in total. The Hall–Kier alpha value is -2.83. The van der Waals surface area contributed by atoms with E-state index in [9.17, 15) is 8.78 Å². The Morgan fingerprint density at radius 3 is 2.27 bits per heavy atom. The minimum atomic E-state index is -0.824. The number of rotatable bonds is 4. The third kappa shape index (κ3) is 4.22. The summed E-state index contributed by atoms with van der Waals surface area (Å²) >= 11 is 8.96. The molecule has 0 atom stereocenters. The van der Waals surface area contributed by atoms with Crippen LogP contribution in [0.5, 0.6) is 0 Å². The van der Waals surface area contributed by atoms with Crippen LogP contribution >= 0.6 is 27.5 Å². The number of hydrogen-bond donors (Lipinski definition) is 2. The maximum absolute atomic E-state index is 13.9. The van der Waals surface area contributed by atoms with Crippen LogP contribution in [-0.2, 0) is 0 Å². The van der Waals surface area contributed by atoms with Gasteiger partial charge in [-0.2, -0.15) is 20.2 Å². The van der Waals surface area contributed by atoms with E-state index in [-0.39, 0.29) is 27.3 Å². The minimum absolute atomic E-state index is 0.0349. The number of aromatic nitrogens is 3. The maximum atomic E-state index is 13.9. The van der Waals surface area contributed by atoms with Crippen molar-refractivity contribution < 1.29 is 8.78 Å². The summed E-state index contributed by atoms with van der Waals surface area (Å²) in [6.45, 7) is 0. The smallest absolute Gasteiger partial charge is 0.233 e. The Balaban J connectivity index is 1.87. The number of benzene rings is 2. The molecule has 0 bridgehead atoms. The van der Waals surface area contributed by atoms with Gasteiger partial charge in [0.1, 0.15) is 5.82 Å². The van der Waals surface area contributed by atoms with E-state index < -0.39 is 11.6 Å². The van der Waals surface area contributed by atoms with Crippen LogP contribution < -0.4 is 10.6 Å². The van der Waals surface area contributed by atoms with Gasteiger partial charge in [0, 0.05) is 16.2 Å². The van der Waals surface area contributed by atoms with Crippen molar-refractivity contribution in [1.82, 2.24) is 15.0 Å². The van der Waals surface area contributed by atoms with Crippen molar-refractivity contribution in [3.8, 4) is 6.07 Å². The van der Waals surface area contributed by atoms with Crippen LogP contribution in [0.3, 0.4) is 0 Å². The van der Waals surface area contributed by atoms with E-state index in [2.05, 4.69) is 41.5 Å².